The van der Waals surface area contributed by atoms with Crippen molar-refractivity contribution < 1.29 is 9.47 Å². The van der Waals surface area contributed by atoms with Gasteiger partial charge in [-0.3, -0.25) is 4.90 Å². The van der Waals surface area contributed by atoms with Crippen LogP contribution in [0.25, 0.3) is 11.8 Å². The molecule has 3 aliphatic rings. The Hall–Kier alpha value is -2.89. The van der Waals surface area contributed by atoms with Crippen LogP contribution in [0.5, 0.6) is 11.5 Å². The summed E-state index contributed by atoms with van der Waals surface area (Å²) in [6, 6.07) is 21.9. The molecule has 0 atom stereocenters. The minimum Gasteiger partial charge on any atom is -0.454 e. The Morgan fingerprint density at radius 1 is 0.844 bits per heavy atom. The number of nitrogens with zero attached hydrogens (tertiary/aromatic N) is 2. The summed E-state index contributed by atoms with van der Waals surface area (Å²) in [7, 11) is 0. The van der Waals surface area contributed by atoms with E-state index >= 15 is 0 Å². The van der Waals surface area contributed by atoms with Crippen LogP contribution in [0.4, 0.5) is 0 Å². The first-order valence-electron chi connectivity index (χ1n) is 11.2. The van der Waals surface area contributed by atoms with Crippen LogP contribution in [0.3, 0.4) is 0 Å². The number of hydrogen-bond donors (Lipinski definition) is 0. The van der Waals surface area contributed by atoms with Gasteiger partial charge in [0.2, 0.25) is 6.79 Å². The minimum atomic E-state index is 0.328. The van der Waals surface area contributed by atoms with Crippen LogP contribution in [-0.4, -0.2) is 42.8 Å². The Kier molecular flexibility index (Phi) is 5.08. The van der Waals surface area contributed by atoms with Gasteiger partial charge in [0.15, 0.2) is 11.5 Å². The molecule has 3 aromatic carbocycles. The molecular weight excluding hydrogens is 416 g/mol. The van der Waals surface area contributed by atoms with Gasteiger partial charge in [-0.05, 0) is 48.4 Å². The van der Waals surface area contributed by atoms with Gasteiger partial charge in [-0.15, -0.1) is 0 Å². The molecule has 162 valence electrons. The van der Waals surface area contributed by atoms with Crippen molar-refractivity contribution in [3.05, 3.63) is 82.9 Å². The van der Waals surface area contributed by atoms with E-state index in [2.05, 4.69) is 77.4 Å². The third-order valence-corrected chi connectivity index (χ3v) is 7.56. The lowest BCUT2D eigenvalue weighted by Gasteiger charge is -2.37. The molecule has 0 spiro atoms. The molecular formula is C27H26N2O2S. The second kappa shape index (κ2) is 8.23. The van der Waals surface area contributed by atoms with Gasteiger partial charge in [0, 0.05) is 53.8 Å². The lowest BCUT2D eigenvalue weighted by Crippen LogP contribution is -2.44. The van der Waals surface area contributed by atoms with Crippen molar-refractivity contribution in [2.75, 3.05) is 33.0 Å². The van der Waals surface area contributed by atoms with E-state index in [1.54, 1.807) is 0 Å². The molecule has 0 saturated carbocycles. The predicted octanol–water partition coefficient (Wildman–Crippen LogP) is 5.50. The molecule has 5 heteroatoms. The van der Waals surface area contributed by atoms with E-state index in [-0.39, 0.29) is 0 Å². The number of aryl methyl sites for hydroxylation is 1. The molecule has 4 nitrogen and oxygen atoms in total. The Morgan fingerprint density at radius 3 is 2.59 bits per heavy atom. The summed E-state index contributed by atoms with van der Waals surface area (Å²) in [5.74, 6) is 1.72. The zero-order valence-corrected chi connectivity index (χ0v) is 19.0. The molecule has 0 aromatic heterocycles. The highest BCUT2D eigenvalue weighted by atomic mass is 32.2. The summed E-state index contributed by atoms with van der Waals surface area (Å²) < 4.78 is 11.0. The summed E-state index contributed by atoms with van der Waals surface area (Å²) >= 11 is 1.88. The van der Waals surface area contributed by atoms with Crippen molar-refractivity contribution in [2.45, 2.75) is 23.3 Å². The van der Waals surface area contributed by atoms with Crippen molar-refractivity contribution >= 4 is 23.5 Å². The molecule has 3 aliphatic heterocycles. The largest absolute Gasteiger partial charge is 0.454 e. The molecule has 0 amide bonds. The second-order valence-corrected chi connectivity index (χ2v) is 9.70. The maximum atomic E-state index is 5.55. The van der Waals surface area contributed by atoms with E-state index in [0.29, 0.717) is 6.79 Å². The van der Waals surface area contributed by atoms with Crippen molar-refractivity contribution in [3.63, 3.8) is 0 Å². The summed E-state index contributed by atoms with van der Waals surface area (Å²) in [5.41, 5.74) is 6.60. The highest BCUT2D eigenvalue weighted by molar-refractivity contribution is 7.99. The maximum Gasteiger partial charge on any atom is 0.231 e. The third-order valence-electron chi connectivity index (χ3n) is 6.40. The lowest BCUT2D eigenvalue weighted by molar-refractivity contribution is 0.168. The average Bonchev–Trinajstić information content (AvgIpc) is 3.21. The zero-order chi connectivity index (χ0) is 21.5. The molecule has 6 rings (SSSR count). The van der Waals surface area contributed by atoms with E-state index < -0.39 is 0 Å². The number of hydrogen-bond acceptors (Lipinski definition) is 5. The minimum absolute atomic E-state index is 0.328. The van der Waals surface area contributed by atoms with Crippen LogP contribution in [0.1, 0.15) is 22.3 Å². The van der Waals surface area contributed by atoms with Crippen molar-refractivity contribution in [1.82, 2.24) is 9.80 Å². The van der Waals surface area contributed by atoms with Crippen LogP contribution in [0.15, 0.2) is 70.5 Å². The third kappa shape index (κ3) is 3.76. The zero-order valence-electron chi connectivity index (χ0n) is 18.2. The molecule has 0 aliphatic carbocycles. The SMILES string of the molecule is Cc1ccc2c(c1)C=C(N1CCN(Cc3ccc4c(c3)OCO4)CC1)c1ccccc1S2. The Balaban J connectivity index is 1.22. The number of fused-ring (bicyclic) bond motifs is 3. The summed E-state index contributed by atoms with van der Waals surface area (Å²) in [5, 5.41) is 0. The van der Waals surface area contributed by atoms with Gasteiger partial charge in [-0.2, -0.15) is 0 Å². The van der Waals surface area contributed by atoms with Crippen molar-refractivity contribution in [1.29, 1.82) is 0 Å². The first-order valence-corrected chi connectivity index (χ1v) is 12.0. The van der Waals surface area contributed by atoms with Gasteiger partial charge in [0.1, 0.15) is 0 Å². The van der Waals surface area contributed by atoms with Crippen LogP contribution in [0.2, 0.25) is 0 Å². The number of ether oxygens (including phenoxy) is 2. The molecule has 32 heavy (non-hydrogen) atoms. The van der Waals surface area contributed by atoms with Crippen LogP contribution >= 0.6 is 11.8 Å². The highest BCUT2D eigenvalue weighted by Gasteiger charge is 2.24. The van der Waals surface area contributed by atoms with Crippen molar-refractivity contribution in [3.8, 4) is 11.5 Å². The topological polar surface area (TPSA) is 24.9 Å². The summed E-state index contributed by atoms with van der Waals surface area (Å²) in [4.78, 5) is 7.76. The first kappa shape index (κ1) is 19.8. The molecule has 0 bridgehead atoms. The van der Waals surface area contributed by atoms with Crippen LogP contribution in [-0.2, 0) is 6.54 Å². The van der Waals surface area contributed by atoms with Gasteiger partial charge in [0.25, 0.3) is 0 Å². The predicted molar refractivity (Wildman–Crippen MR) is 129 cm³/mol. The summed E-state index contributed by atoms with van der Waals surface area (Å²) in [6.45, 7) is 7.58. The Labute approximate surface area is 193 Å². The van der Waals surface area contributed by atoms with Gasteiger partial charge in [0.05, 0.1) is 0 Å². The maximum absolute atomic E-state index is 5.55. The van der Waals surface area contributed by atoms with Gasteiger partial charge >= 0.3 is 0 Å². The fraction of sp³-hybridized carbons (Fsp3) is 0.259. The van der Waals surface area contributed by atoms with E-state index in [4.69, 9.17) is 9.47 Å². The number of rotatable bonds is 3. The van der Waals surface area contributed by atoms with Crippen LogP contribution in [0, 0.1) is 6.92 Å². The number of piperazine rings is 1. The van der Waals surface area contributed by atoms with Crippen LogP contribution < -0.4 is 9.47 Å². The molecule has 0 radical (unpaired) electrons. The molecule has 3 heterocycles. The van der Waals surface area contributed by atoms with Gasteiger partial charge in [-0.25, -0.2) is 0 Å². The molecule has 0 N–H and O–H groups in total. The Bertz CT molecular complexity index is 1200. The molecule has 1 fully saturated rings. The van der Waals surface area contributed by atoms with Gasteiger partial charge < -0.3 is 14.4 Å². The standard InChI is InChI=1S/C27H26N2O2S/c1-19-6-9-26-21(14-19)16-23(22-4-2-3-5-27(22)32-26)29-12-10-28(11-13-29)17-20-7-8-24-25(15-20)31-18-30-24/h2-9,14-16H,10-13,17-18H2,1H3. The molecule has 0 unspecified atom stereocenters. The monoisotopic (exact) mass is 442 g/mol. The van der Waals surface area contributed by atoms with E-state index in [1.165, 1.54) is 37.7 Å². The quantitative estimate of drug-likeness (QED) is 0.533. The molecule has 3 aromatic rings. The second-order valence-electron chi connectivity index (χ2n) is 8.62. The molecule has 1 saturated heterocycles. The average molecular weight is 443 g/mol. The smallest absolute Gasteiger partial charge is 0.231 e. The summed E-state index contributed by atoms with van der Waals surface area (Å²) in [6.07, 6.45) is 2.40. The number of benzene rings is 3. The van der Waals surface area contributed by atoms with E-state index in [9.17, 15) is 0 Å². The van der Waals surface area contributed by atoms with E-state index in [1.807, 2.05) is 17.8 Å². The van der Waals surface area contributed by atoms with Gasteiger partial charge in [-0.1, -0.05) is 53.7 Å². The fourth-order valence-electron chi connectivity index (χ4n) is 4.69. The van der Waals surface area contributed by atoms with E-state index in [0.717, 1.165) is 44.2 Å². The lowest BCUT2D eigenvalue weighted by atomic mass is 10.0. The normalized spacial score (nSPS) is 17.4. The Morgan fingerprint density at radius 2 is 1.69 bits per heavy atom. The first-order chi connectivity index (χ1) is 15.7. The highest BCUT2D eigenvalue weighted by Crippen LogP contribution is 2.42. The fourth-order valence-corrected chi connectivity index (χ4v) is 5.73. The van der Waals surface area contributed by atoms with Crippen molar-refractivity contribution in [2.24, 2.45) is 0 Å².